The molecule has 0 bridgehead atoms. The van der Waals surface area contributed by atoms with Crippen LogP contribution >= 0.6 is 0 Å². The molecule has 1 rings (SSSR count). The molecule has 1 aliphatic rings. The van der Waals surface area contributed by atoms with E-state index in [-0.39, 0.29) is 6.10 Å². The van der Waals surface area contributed by atoms with E-state index in [0.717, 1.165) is 32.7 Å². The largest absolute Gasteiger partial charge is 0.381 e. The van der Waals surface area contributed by atoms with Gasteiger partial charge in [-0.25, -0.2) is 0 Å². The number of ether oxygens (including phenoxy) is 2. The Morgan fingerprint density at radius 3 is 2.75 bits per heavy atom. The van der Waals surface area contributed by atoms with Crippen molar-refractivity contribution in [2.75, 3.05) is 19.8 Å². The van der Waals surface area contributed by atoms with E-state index in [0.29, 0.717) is 12.3 Å². The van der Waals surface area contributed by atoms with Crippen LogP contribution in [0.4, 0.5) is 0 Å². The molecule has 0 saturated carbocycles. The highest BCUT2D eigenvalue weighted by molar-refractivity contribution is 5.01. The summed E-state index contributed by atoms with van der Waals surface area (Å²) in [6.07, 6.45) is 2.76. The van der Waals surface area contributed by atoms with E-state index in [1.807, 2.05) is 6.92 Å². The zero-order valence-corrected chi connectivity index (χ0v) is 10.2. The number of nitrogens with two attached hydrogens (primary N) is 1. The standard InChI is InChI=1S/C12H22N2O2/c1-10(7-12(2,14)9-13)16-8-11-3-5-15-6-4-11/h10-11H,3-8,14H2,1-2H3. The zero-order valence-electron chi connectivity index (χ0n) is 10.2. The summed E-state index contributed by atoms with van der Waals surface area (Å²) in [5, 5.41) is 8.81. The third-order valence-electron chi connectivity index (χ3n) is 2.92. The van der Waals surface area contributed by atoms with Gasteiger partial charge in [0, 0.05) is 26.2 Å². The molecule has 0 aromatic heterocycles. The first-order chi connectivity index (χ1) is 7.53. The molecule has 2 atom stereocenters. The lowest BCUT2D eigenvalue weighted by atomic mass is 9.97. The molecule has 2 unspecified atom stereocenters. The highest BCUT2D eigenvalue weighted by Crippen LogP contribution is 2.17. The molecule has 2 N–H and O–H groups in total. The molecule has 0 aliphatic carbocycles. The second kappa shape index (κ2) is 6.19. The molecule has 0 aromatic carbocycles. The van der Waals surface area contributed by atoms with Crippen molar-refractivity contribution in [3.05, 3.63) is 0 Å². The lowest BCUT2D eigenvalue weighted by Gasteiger charge is -2.25. The normalized spacial score (nSPS) is 23.4. The Morgan fingerprint density at radius 2 is 2.19 bits per heavy atom. The van der Waals surface area contributed by atoms with E-state index >= 15 is 0 Å². The second-order valence-corrected chi connectivity index (χ2v) is 4.93. The van der Waals surface area contributed by atoms with Crippen LogP contribution < -0.4 is 5.73 Å². The third kappa shape index (κ3) is 4.93. The maximum atomic E-state index is 8.81. The van der Waals surface area contributed by atoms with E-state index < -0.39 is 5.54 Å². The van der Waals surface area contributed by atoms with Gasteiger partial charge in [-0.05, 0) is 32.6 Å². The molecular formula is C12H22N2O2. The van der Waals surface area contributed by atoms with Gasteiger partial charge in [0.25, 0.3) is 0 Å². The molecular weight excluding hydrogens is 204 g/mol. The van der Waals surface area contributed by atoms with Gasteiger partial charge >= 0.3 is 0 Å². The lowest BCUT2D eigenvalue weighted by molar-refractivity contribution is -0.0108. The summed E-state index contributed by atoms with van der Waals surface area (Å²) < 4.78 is 11.0. The fourth-order valence-electron chi connectivity index (χ4n) is 1.92. The quantitative estimate of drug-likeness (QED) is 0.770. The van der Waals surface area contributed by atoms with Crippen LogP contribution in [0.1, 0.15) is 33.1 Å². The molecule has 1 aliphatic heterocycles. The van der Waals surface area contributed by atoms with Crippen molar-refractivity contribution in [3.8, 4) is 6.07 Å². The van der Waals surface area contributed by atoms with Crippen LogP contribution in [0.25, 0.3) is 0 Å². The van der Waals surface area contributed by atoms with Crippen LogP contribution in [0.3, 0.4) is 0 Å². The van der Waals surface area contributed by atoms with Crippen LogP contribution in [0.5, 0.6) is 0 Å². The van der Waals surface area contributed by atoms with Gasteiger partial charge in [0.1, 0.15) is 5.54 Å². The van der Waals surface area contributed by atoms with E-state index in [2.05, 4.69) is 6.07 Å². The van der Waals surface area contributed by atoms with Gasteiger partial charge in [-0.15, -0.1) is 0 Å². The summed E-state index contributed by atoms with van der Waals surface area (Å²) in [6.45, 7) is 6.15. The van der Waals surface area contributed by atoms with Crippen molar-refractivity contribution < 1.29 is 9.47 Å². The Labute approximate surface area is 97.7 Å². The smallest absolute Gasteiger partial charge is 0.103 e. The minimum atomic E-state index is -0.783. The number of hydrogen-bond donors (Lipinski definition) is 1. The highest BCUT2D eigenvalue weighted by Gasteiger charge is 2.22. The first-order valence-corrected chi connectivity index (χ1v) is 5.93. The van der Waals surface area contributed by atoms with E-state index in [1.165, 1.54) is 0 Å². The molecule has 1 fully saturated rings. The van der Waals surface area contributed by atoms with Gasteiger partial charge in [-0.1, -0.05) is 0 Å². The average Bonchev–Trinajstić information content (AvgIpc) is 2.27. The highest BCUT2D eigenvalue weighted by atomic mass is 16.5. The molecule has 1 saturated heterocycles. The number of hydrogen-bond acceptors (Lipinski definition) is 4. The zero-order chi connectivity index (χ0) is 12.0. The first kappa shape index (κ1) is 13.4. The van der Waals surface area contributed by atoms with Gasteiger partial charge in [-0.3, -0.25) is 0 Å². The lowest BCUT2D eigenvalue weighted by Crippen LogP contribution is -2.38. The summed E-state index contributed by atoms with van der Waals surface area (Å²) in [5.41, 5.74) is 4.98. The molecule has 0 amide bonds. The third-order valence-corrected chi connectivity index (χ3v) is 2.92. The Morgan fingerprint density at radius 1 is 1.56 bits per heavy atom. The van der Waals surface area contributed by atoms with Crippen molar-refractivity contribution in [3.63, 3.8) is 0 Å². The maximum Gasteiger partial charge on any atom is 0.103 e. The van der Waals surface area contributed by atoms with Crippen LogP contribution in [0.15, 0.2) is 0 Å². The summed E-state index contributed by atoms with van der Waals surface area (Å²) >= 11 is 0. The summed E-state index contributed by atoms with van der Waals surface area (Å²) in [5.74, 6) is 0.599. The van der Waals surface area contributed by atoms with Gasteiger partial charge in [-0.2, -0.15) is 5.26 Å². The number of nitriles is 1. The van der Waals surface area contributed by atoms with Crippen molar-refractivity contribution in [1.82, 2.24) is 0 Å². The van der Waals surface area contributed by atoms with Crippen molar-refractivity contribution in [2.24, 2.45) is 11.7 Å². The Bertz CT molecular complexity index is 242. The topological polar surface area (TPSA) is 68.3 Å². The molecule has 4 heteroatoms. The van der Waals surface area contributed by atoms with Crippen molar-refractivity contribution in [1.29, 1.82) is 5.26 Å². The Balaban J connectivity index is 2.19. The Kier molecular flexibility index (Phi) is 5.20. The SMILES string of the molecule is CC(CC(C)(N)C#N)OCC1CCOCC1. The first-order valence-electron chi connectivity index (χ1n) is 5.93. The minimum absolute atomic E-state index is 0.0393. The summed E-state index contributed by atoms with van der Waals surface area (Å²) in [6, 6.07) is 2.09. The molecule has 0 aromatic rings. The summed E-state index contributed by atoms with van der Waals surface area (Å²) in [7, 11) is 0. The Hall–Kier alpha value is -0.630. The summed E-state index contributed by atoms with van der Waals surface area (Å²) in [4.78, 5) is 0. The number of nitrogens with zero attached hydrogens (tertiary/aromatic N) is 1. The van der Waals surface area contributed by atoms with E-state index in [4.69, 9.17) is 20.5 Å². The second-order valence-electron chi connectivity index (χ2n) is 4.93. The van der Waals surface area contributed by atoms with Crippen molar-refractivity contribution >= 4 is 0 Å². The van der Waals surface area contributed by atoms with Crippen LogP contribution in [-0.4, -0.2) is 31.5 Å². The number of rotatable bonds is 5. The predicted octanol–water partition coefficient (Wildman–Crippen LogP) is 1.45. The molecule has 0 radical (unpaired) electrons. The monoisotopic (exact) mass is 226 g/mol. The average molecular weight is 226 g/mol. The predicted molar refractivity (Wildman–Crippen MR) is 61.8 cm³/mol. The van der Waals surface area contributed by atoms with E-state index in [9.17, 15) is 0 Å². The molecule has 92 valence electrons. The van der Waals surface area contributed by atoms with Gasteiger partial charge in [0.05, 0.1) is 12.2 Å². The molecule has 0 spiro atoms. The van der Waals surface area contributed by atoms with Gasteiger partial charge in [0.15, 0.2) is 0 Å². The van der Waals surface area contributed by atoms with E-state index in [1.54, 1.807) is 6.92 Å². The van der Waals surface area contributed by atoms with Crippen LogP contribution in [0, 0.1) is 17.2 Å². The molecule has 4 nitrogen and oxygen atoms in total. The molecule has 1 heterocycles. The fraction of sp³-hybridized carbons (Fsp3) is 0.917. The van der Waals surface area contributed by atoms with Crippen LogP contribution in [0.2, 0.25) is 0 Å². The van der Waals surface area contributed by atoms with Crippen molar-refractivity contribution in [2.45, 2.75) is 44.8 Å². The maximum absolute atomic E-state index is 8.81. The van der Waals surface area contributed by atoms with Crippen LogP contribution in [-0.2, 0) is 9.47 Å². The van der Waals surface area contributed by atoms with Gasteiger partial charge in [0.2, 0.25) is 0 Å². The minimum Gasteiger partial charge on any atom is -0.381 e. The fourth-order valence-corrected chi connectivity index (χ4v) is 1.92. The molecule has 16 heavy (non-hydrogen) atoms. The van der Waals surface area contributed by atoms with Gasteiger partial charge < -0.3 is 15.2 Å².